The molecule has 2 heterocycles. The molecule has 24 heavy (non-hydrogen) atoms. The van der Waals surface area contributed by atoms with E-state index in [0.29, 0.717) is 25.2 Å². The minimum absolute atomic E-state index is 0.0417. The molecule has 1 saturated carbocycles. The highest BCUT2D eigenvalue weighted by atomic mass is 16.1. The van der Waals surface area contributed by atoms with E-state index in [1.807, 2.05) is 11.9 Å². The second kappa shape index (κ2) is 5.49. The van der Waals surface area contributed by atoms with E-state index in [9.17, 15) is 14.4 Å². The van der Waals surface area contributed by atoms with Crippen LogP contribution in [0, 0.1) is 28.6 Å². The zero-order chi connectivity index (χ0) is 17.7. The molecule has 6 N–H and O–H groups in total. The number of nitrogens with one attached hydrogen (secondary N) is 2. The molecular weight excluding hydrogens is 308 g/mol. The largest absolute Gasteiger partial charge is 0.393 e. The van der Waals surface area contributed by atoms with Gasteiger partial charge in [0.1, 0.15) is 11.9 Å². The fourth-order valence-electron chi connectivity index (χ4n) is 5.53. The van der Waals surface area contributed by atoms with E-state index < -0.39 is 17.4 Å². The van der Waals surface area contributed by atoms with Crippen LogP contribution in [0.1, 0.15) is 26.7 Å². The number of nitrogens with two attached hydrogens (primary N) is 2. The van der Waals surface area contributed by atoms with E-state index in [0.717, 1.165) is 6.42 Å². The van der Waals surface area contributed by atoms with Gasteiger partial charge in [-0.05, 0) is 30.7 Å². The minimum Gasteiger partial charge on any atom is -0.393 e. The molecule has 0 aromatic rings. The van der Waals surface area contributed by atoms with Gasteiger partial charge in [-0.2, -0.15) is 0 Å². The van der Waals surface area contributed by atoms with Gasteiger partial charge < -0.3 is 22.1 Å². The Morgan fingerprint density at radius 3 is 2.62 bits per heavy atom. The topological polar surface area (TPSA) is 127 Å². The number of carbonyl (C=O) groups excluding carboxylic acids is 3. The molecule has 0 aromatic heterocycles. The van der Waals surface area contributed by atoms with Crippen molar-refractivity contribution in [2.24, 2.45) is 40.1 Å². The summed E-state index contributed by atoms with van der Waals surface area (Å²) in [7, 11) is 0. The number of piperidine rings is 1. The number of carbonyl (C=O) groups is 1. The molecule has 0 spiro atoms. The fourth-order valence-corrected chi connectivity index (χ4v) is 5.53. The summed E-state index contributed by atoms with van der Waals surface area (Å²) in [5.74, 6) is 3.17. The van der Waals surface area contributed by atoms with Crippen LogP contribution >= 0.6 is 0 Å². The van der Waals surface area contributed by atoms with Gasteiger partial charge in [0.25, 0.3) is 0 Å². The standard InChI is InChI=1S/C17H24N4O3/c1-16(2)13-6-21-14(15(19)24)17(13,16)10(11(18)7-22)5-9-3-4-20-12(9)8-23/h9-10,13-14,20-21H,3-6,18H2,1-2H3,(H2,19,24)/t9-,10-,13?,14?,17?/m1/s1. The summed E-state index contributed by atoms with van der Waals surface area (Å²) in [5, 5.41) is 6.22. The maximum atomic E-state index is 12.0. The number of allylic oxidation sites excluding steroid dienone is 2. The smallest absolute Gasteiger partial charge is 0.235 e. The van der Waals surface area contributed by atoms with Gasteiger partial charge >= 0.3 is 0 Å². The third-order valence-corrected chi connectivity index (χ3v) is 6.69. The van der Waals surface area contributed by atoms with Crippen molar-refractivity contribution in [3.8, 4) is 0 Å². The van der Waals surface area contributed by atoms with Crippen molar-refractivity contribution in [3.05, 3.63) is 11.4 Å². The minimum atomic E-state index is -0.535. The summed E-state index contributed by atoms with van der Waals surface area (Å²) in [5.41, 5.74) is 11.6. The third-order valence-electron chi connectivity index (χ3n) is 6.69. The Balaban J connectivity index is 2.01. The molecule has 2 aliphatic heterocycles. The normalized spacial score (nSPS) is 36.9. The van der Waals surface area contributed by atoms with Crippen molar-refractivity contribution in [2.75, 3.05) is 13.1 Å². The Bertz CT molecular complexity index is 675. The maximum Gasteiger partial charge on any atom is 0.235 e. The molecule has 5 atom stereocenters. The number of hydrogen-bond donors (Lipinski definition) is 4. The number of primary amides is 1. The van der Waals surface area contributed by atoms with Gasteiger partial charge in [0.2, 0.25) is 5.91 Å². The second-order valence-corrected chi connectivity index (χ2v) is 7.72. The van der Waals surface area contributed by atoms with E-state index in [2.05, 4.69) is 24.5 Å². The van der Waals surface area contributed by atoms with Crippen molar-refractivity contribution in [3.63, 3.8) is 0 Å². The van der Waals surface area contributed by atoms with Crippen LogP contribution in [-0.4, -0.2) is 36.9 Å². The van der Waals surface area contributed by atoms with Crippen LogP contribution in [0.25, 0.3) is 0 Å². The summed E-state index contributed by atoms with van der Waals surface area (Å²) in [6.45, 7) is 5.54. The molecule has 0 aromatic carbocycles. The molecule has 0 radical (unpaired) electrons. The summed E-state index contributed by atoms with van der Waals surface area (Å²) >= 11 is 0. The molecule has 3 unspecified atom stereocenters. The van der Waals surface area contributed by atoms with Gasteiger partial charge in [0, 0.05) is 23.8 Å². The Morgan fingerprint density at radius 2 is 2.08 bits per heavy atom. The Kier molecular flexibility index (Phi) is 3.83. The van der Waals surface area contributed by atoms with Crippen LogP contribution in [0.2, 0.25) is 0 Å². The molecular formula is C17H24N4O3. The molecule has 3 rings (SSSR count). The van der Waals surface area contributed by atoms with Gasteiger partial charge in [0.15, 0.2) is 0 Å². The van der Waals surface area contributed by atoms with Crippen LogP contribution in [0.3, 0.4) is 0 Å². The number of fused-ring (bicyclic) bond motifs is 1. The zero-order valence-electron chi connectivity index (χ0n) is 14.0. The van der Waals surface area contributed by atoms with Gasteiger partial charge in [-0.1, -0.05) is 13.8 Å². The first-order valence-electron chi connectivity index (χ1n) is 8.34. The lowest BCUT2D eigenvalue weighted by atomic mass is 9.71. The predicted octanol–water partition coefficient (Wildman–Crippen LogP) is -0.909. The first-order chi connectivity index (χ1) is 11.3. The van der Waals surface area contributed by atoms with Crippen molar-refractivity contribution in [1.82, 2.24) is 10.6 Å². The summed E-state index contributed by atoms with van der Waals surface area (Å²) in [6, 6.07) is -0.535. The van der Waals surface area contributed by atoms with Gasteiger partial charge in [-0.15, -0.1) is 0 Å². The lowest BCUT2D eigenvalue weighted by molar-refractivity contribution is -0.122. The van der Waals surface area contributed by atoms with E-state index >= 15 is 0 Å². The van der Waals surface area contributed by atoms with E-state index in [-0.39, 0.29) is 28.9 Å². The van der Waals surface area contributed by atoms with Crippen molar-refractivity contribution in [1.29, 1.82) is 0 Å². The summed E-state index contributed by atoms with van der Waals surface area (Å²) in [4.78, 5) is 34.5. The molecule has 3 aliphatic rings. The monoisotopic (exact) mass is 332 g/mol. The highest BCUT2D eigenvalue weighted by Gasteiger charge is 2.80. The maximum absolute atomic E-state index is 12.0. The summed E-state index contributed by atoms with van der Waals surface area (Å²) in [6.07, 6.45) is 1.30. The molecule has 7 nitrogen and oxygen atoms in total. The Morgan fingerprint density at radius 1 is 1.38 bits per heavy atom. The first kappa shape index (κ1) is 16.8. The lowest BCUT2D eigenvalue weighted by Crippen LogP contribution is -2.50. The molecule has 0 bridgehead atoms. The third kappa shape index (κ3) is 1.99. The number of amides is 1. The second-order valence-electron chi connectivity index (χ2n) is 7.72. The Hall–Kier alpha value is -2.07. The molecule has 1 aliphatic carbocycles. The highest BCUT2D eigenvalue weighted by molar-refractivity contribution is 5.83. The fraction of sp³-hybridized carbons (Fsp3) is 0.706. The average Bonchev–Trinajstić information content (AvgIpc) is 2.98. The van der Waals surface area contributed by atoms with E-state index in [1.54, 1.807) is 0 Å². The molecule has 1 amide bonds. The highest BCUT2D eigenvalue weighted by Crippen LogP contribution is 2.77. The van der Waals surface area contributed by atoms with Crippen molar-refractivity contribution in [2.45, 2.75) is 32.7 Å². The SMILES string of the molecule is CC1(C)C2CNC(C(N)=O)C21[C@H](C[C@H]1CCNC1=C=O)C(N)=C=O. The average molecular weight is 332 g/mol. The molecule has 2 saturated heterocycles. The zero-order valence-corrected chi connectivity index (χ0v) is 14.0. The van der Waals surface area contributed by atoms with E-state index in [4.69, 9.17) is 11.5 Å². The number of hydrogen-bond acceptors (Lipinski definition) is 6. The molecule has 130 valence electrons. The first-order valence-corrected chi connectivity index (χ1v) is 8.34. The van der Waals surface area contributed by atoms with Crippen LogP contribution in [-0.2, 0) is 14.4 Å². The van der Waals surface area contributed by atoms with Crippen molar-refractivity contribution >= 4 is 17.8 Å². The molecule has 3 fully saturated rings. The quantitative estimate of drug-likeness (QED) is 0.483. The van der Waals surface area contributed by atoms with Crippen LogP contribution in [0.5, 0.6) is 0 Å². The lowest BCUT2D eigenvalue weighted by Gasteiger charge is -2.35. The van der Waals surface area contributed by atoms with Crippen LogP contribution in [0.15, 0.2) is 11.4 Å². The Labute approximate surface area is 140 Å². The van der Waals surface area contributed by atoms with Gasteiger partial charge in [-0.25, -0.2) is 9.59 Å². The van der Waals surface area contributed by atoms with Crippen LogP contribution < -0.4 is 22.1 Å². The predicted molar refractivity (Wildman–Crippen MR) is 87.5 cm³/mol. The van der Waals surface area contributed by atoms with E-state index in [1.165, 1.54) is 0 Å². The van der Waals surface area contributed by atoms with Crippen LogP contribution in [0.4, 0.5) is 0 Å². The number of rotatable bonds is 5. The van der Waals surface area contributed by atoms with Crippen molar-refractivity contribution < 1.29 is 14.4 Å². The summed E-state index contributed by atoms with van der Waals surface area (Å²) < 4.78 is 0. The van der Waals surface area contributed by atoms with Gasteiger partial charge in [-0.3, -0.25) is 4.79 Å². The van der Waals surface area contributed by atoms with Gasteiger partial charge in [0.05, 0.1) is 17.4 Å². The molecule has 7 heteroatoms.